The van der Waals surface area contributed by atoms with Crippen molar-refractivity contribution in [2.24, 2.45) is 5.73 Å². The lowest BCUT2D eigenvalue weighted by Crippen LogP contribution is -2.05. The van der Waals surface area contributed by atoms with Crippen LogP contribution in [0.25, 0.3) is 11.3 Å². The molecule has 6 nitrogen and oxygen atoms in total. The van der Waals surface area contributed by atoms with Crippen molar-refractivity contribution in [2.75, 3.05) is 7.11 Å². The number of aromatic amines is 1. The largest absolute Gasteiger partial charge is 0.465 e. The summed E-state index contributed by atoms with van der Waals surface area (Å²) in [4.78, 5) is 11.8. The molecule has 0 aliphatic carbocycles. The maximum atomic E-state index is 13.1. The van der Waals surface area contributed by atoms with Gasteiger partial charge in [0.2, 0.25) is 0 Å². The molecule has 3 rings (SSSR count). The summed E-state index contributed by atoms with van der Waals surface area (Å²) < 4.78 is 23.7. The first-order chi connectivity index (χ1) is 12.1. The van der Waals surface area contributed by atoms with Crippen LogP contribution in [0.2, 0.25) is 0 Å². The molecular weight excluding hydrogens is 325 g/mol. The normalized spacial score (nSPS) is 10.5. The highest BCUT2D eigenvalue weighted by atomic mass is 19.1. The Hall–Kier alpha value is -3.19. The number of carbonyl (C=O) groups excluding carboxylic acids is 1. The molecule has 0 saturated heterocycles. The molecule has 1 aromatic heterocycles. The molecule has 7 heteroatoms. The zero-order chi connectivity index (χ0) is 17.8. The smallest absolute Gasteiger partial charge is 0.337 e. The molecule has 0 radical (unpaired) electrons. The fraction of sp³-hybridized carbons (Fsp3) is 0.111. The summed E-state index contributed by atoms with van der Waals surface area (Å²) in [5.74, 6) is 0.0518. The lowest BCUT2D eigenvalue weighted by atomic mass is 10.1. The predicted octanol–water partition coefficient (Wildman–Crippen LogP) is 3.25. The summed E-state index contributed by atoms with van der Waals surface area (Å²) >= 11 is 0. The highest BCUT2D eigenvalue weighted by Crippen LogP contribution is 2.32. The average molecular weight is 341 g/mol. The van der Waals surface area contributed by atoms with Crippen molar-refractivity contribution in [2.45, 2.75) is 6.54 Å². The number of nitrogens with zero attached hydrogens (tertiary/aromatic N) is 1. The van der Waals surface area contributed by atoms with Gasteiger partial charge in [0.15, 0.2) is 5.75 Å². The molecule has 3 N–H and O–H groups in total. The Bertz CT molecular complexity index is 891. The van der Waals surface area contributed by atoms with Crippen molar-refractivity contribution >= 4 is 5.97 Å². The van der Waals surface area contributed by atoms with E-state index in [9.17, 15) is 9.18 Å². The second kappa shape index (κ2) is 7.14. The summed E-state index contributed by atoms with van der Waals surface area (Å²) in [6.45, 7) is 0.247. The average Bonchev–Trinajstić information content (AvgIpc) is 3.09. The third-order valence-corrected chi connectivity index (χ3v) is 3.57. The quantitative estimate of drug-likeness (QED) is 0.695. The maximum Gasteiger partial charge on any atom is 0.337 e. The van der Waals surface area contributed by atoms with Crippen molar-refractivity contribution in [3.63, 3.8) is 0 Å². The van der Waals surface area contributed by atoms with Gasteiger partial charge in [0.1, 0.15) is 17.3 Å². The molecule has 25 heavy (non-hydrogen) atoms. The van der Waals surface area contributed by atoms with Gasteiger partial charge >= 0.3 is 5.97 Å². The Morgan fingerprint density at radius 3 is 2.68 bits per heavy atom. The van der Waals surface area contributed by atoms with E-state index in [-0.39, 0.29) is 12.4 Å². The molecule has 2 aromatic carbocycles. The van der Waals surface area contributed by atoms with E-state index >= 15 is 0 Å². The molecule has 3 aromatic rings. The van der Waals surface area contributed by atoms with E-state index in [1.165, 1.54) is 19.2 Å². The van der Waals surface area contributed by atoms with Crippen LogP contribution in [-0.2, 0) is 11.3 Å². The van der Waals surface area contributed by atoms with Gasteiger partial charge in [0.25, 0.3) is 0 Å². The minimum Gasteiger partial charge on any atom is -0.465 e. The molecule has 1 heterocycles. The molecule has 0 saturated carbocycles. The first kappa shape index (κ1) is 16.7. The molecule has 0 aliphatic rings. The van der Waals surface area contributed by atoms with Crippen LogP contribution in [0.15, 0.2) is 48.7 Å². The molecule has 0 fully saturated rings. The predicted molar refractivity (Wildman–Crippen MR) is 89.7 cm³/mol. The number of nitrogens with two attached hydrogens (primary N) is 1. The lowest BCUT2D eigenvalue weighted by Gasteiger charge is -2.09. The van der Waals surface area contributed by atoms with Gasteiger partial charge < -0.3 is 15.2 Å². The number of aromatic nitrogens is 2. The van der Waals surface area contributed by atoms with Gasteiger partial charge in [0.05, 0.1) is 18.9 Å². The van der Waals surface area contributed by atoms with E-state index in [4.69, 9.17) is 15.2 Å². The Morgan fingerprint density at radius 1 is 1.24 bits per heavy atom. The first-order valence-corrected chi connectivity index (χ1v) is 7.50. The number of ether oxygens (including phenoxy) is 2. The Morgan fingerprint density at radius 2 is 2.00 bits per heavy atom. The van der Waals surface area contributed by atoms with E-state index in [0.29, 0.717) is 28.3 Å². The van der Waals surface area contributed by atoms with Crippen LogP contribution < -0.4 is 10.5 Å². The summed E-state index contributed by atoms with van der Waals surface area (Å²) in [5.41, 5.74) is 7.96. The SMILES string of the molecule is COC(=O)c1cc(CN)cc(Oc2c[nH]nc2-c2ccc(F)cc2)c1. The standard InChI is InChI=1S/C18H16FN3O3/c1-24-18(23)13-6-11(9-20)7-15(8-13)25-16-10-21-22-17(16)12-2-4-14(19)5-3-12/h2-8,10H,9,20H2,1H3,(H,21,22). The van der Waals surface area contributed by atoms with E-state index in [1.54, 1.807) is 36.5 Å². The molecular formula is C18H16FN3O3. The van der Waals surface area contributed by atoms with Gasteiger partial charge in [-0.2, -0.15) is 5.10 Å². The minimum absolute atomic E-state index is 0.247. The Balaban J connectivity index is 1.94. The van der Waals surface area contributed by atoms with Crippen molar-refractivity contribution < 1.29 is 18.7 Å². The van der Waals surface area contributed by atoms with Crippen LogP contribution in [0.5, 0.6) is 11.5 Å². The van der Waals surface area contributed by atoms with Crippen LogP contribution >= 0.6 is 0 Å². The molecule has 0 bridgehead atoms. The van der Waals surface area contributed by atoms with Gasteiger partial charge in [-0.1, -0.05) is 0 Å². The molecule has 0 atom stereocenters. The third kappa shape index (κ3) is 3.67. The second-order valence-corrected chi connectivity index (χ2v) is 5.27. The number of halogens is 1. The minimum atomic E-state index is -0.480. The topological polar surface area (TPSA) is 90.2 Å². The zero-order valence-corrected chi connectivity index (χ0v) is 13.5. The van der Waals surface area contributed by atoms with Crippen LogP contribution in [0.4, 0.5) is 4.39 Å². The third-order valence-electron chi connectivity index (χ3n) is 3.57. The number of carbonyl (C=O) groups is 1. The van der Waals surface area contributed by atoms with E-state index < -0.39 is 5.97 Å². The van der Waals surface area contributed by atoms with Crippen molar-refractivity contribution in [3.8, 4) is 22.8 Å². The summed E-state index contributed by atoms with van der Waals surface area (Å²) in [6.07, 6.45) is 1.58. The van der Waals surface area contributed by atoms with Crippen molar-refractivity contribution in [1.82, 2.24) is 10.2 Å². The van der Waals surface area contributed by atoms with Gasteiger partial charge in [-0.15, -0.1) is 0 Å². The highest BCUT2D eigenvalue weighted by Gasteiger charge is 2.14. The number of rotatable bonds is 5. The number of esters is 1. The van der Waals surface area contributed by atoms with E-state index in [1.807, 2.05) is 0 Å². The second-order valence-electron chi connectivity index (χ2n) is 5.27. The Kier molecular flexibility index (Phi) is 4.76. The number of hydrogen-bond donors (Lipinski definition) is 2. The summed E-state index contributed by atoms with van der Waals surface area (Å²) in [7, 11) is 1.31. The van der Waals surface area contributed by atoms with Gasteiger partial charge in [-0.05, 0) is 48.0 Å². The zero-order valence-electron chi connectivity index (χ0n) is 13.5. The number of hydrogen-bond acceptors (Lipinski definition) is 5. The van der Waals surface area contributed by atoms with Crippen LogP contribution in [0, 0.1) is 5.82 Å². The van der Waals surface area contributed by atoms with Crippen molar-refractivity contribution in [1.29, 1.82) is 0 Å². The molecule has 0 spiro atoms. The van der Waals surface area contributed by atoms with Crippen LogP contribution in [-0.4, -0.2) is 23.3 Å². The monoisotopic (exact) mass is 341 g/mol. The number of methoxy groups -OCH3 is 1. The van der Waals surface area contributed by atoms with E-state index in [0.717, 1.165) is 5.56 Å². The fourth-order valence-corrected chi connectivity index (χ4v) is 2.37. The molecule has 0 amide bonds. The molecule has 0 unspecified atom stereocenters. The molecule has 128 valence electrons. The first-order valence-electron chi connectivity index (χ1n) is 7.50. The summed E-state index contributed by atoms with van der Waals surface area (Å²) in [6, 6.07) is 10.8. The van der Waals surface area contributed by atoms with E-state index in [2.05, 4.69) is 10.2 Å². The lowest BCUT2D eigenvalue weighted by molar-refractivity contribution is 0.0600. The van der Waals surface area contributed by atoms with Gasteiger partial charge in [0, 0.05) is 12.1 Å². The van der Waals surface area contributed by atoms with Crippen LogP contribution in [0.1, 0.15) is 15.9 Å². The summed E-state index contributed by atoms with van der Waals surface area (Å²) in [5, 5.41) is 6.86. The van der Waals surface area contributed by atoms with Crippen LogP contribution in [0.3, 0.4) is 0 Å². The highest BCUT2D eigenvalue weighted by molar-refractivity contribution is 5.90. The Labute approximate surface area is 143 Å². The maximum absolute atomic E-state index is 13.1. The van der Waals surface area contributed by atoms with Gasteiger partial charge in [-0.25, -0.2) is 9.18 Å². The number of benzene rings is 2. The molecule has 0 aliphatic heterocycles. The number of H-pyrrole nitrogens is 1. The fourth-order valence-electron chi connectivity index (χ4n) is 2.37. The van der Waals surface area contributed by atoms with Crippen molar-refractivity contribution in [3.05, 3.63) is 65.6 Å². The number of nitrogens with one attached hydrogen (secondary N) is 1. The van der Waals surface area contributed by atoms with Gasteiger partial charge in [-0.3, -0.25) is 5.10 Å².